The van der Waals surface area contributed by atoms with E-state index in [1.54, 1.807) is 0 Å². The van der Waals surface area contributed by atoms with E-state index in [0.717, 1.165) is 62.2 Å². The molecule has 0 atom stereocenters. The average molecular weight is 1190 g/mol. The van der Waals surface area contributed by atoms with Gasteiger partial charge in [0.2, 0.25) is 0 Å². The Kier molecular flexibility index (Phi) is 14.5. The summed E-state index contributed by atoms with van der Waals surface area (Å²) in [6, 6.07) is 119. The fourth-order valence-electron chi connectivity index (χ4n) is 13.9. The van der Waals surface area contributed by atoms with Crippen LogP contribution in [0.15, 0.2) is 328 Å². The molecule has 1 aromatic heterocycles. The molecule has 0 aliphatic rings. The van der Waals surface area contributed by atoms with Crippen molar-refractivity contribution in [2.45, 2.75) is 27.7 Å². The molecule has 0 bridgehead atoms. The van der Waals surface area contributed by atoms with E-state index in [9.17, 15) is 0 Å². The molecular weight excluding hydrogens is 1130 g/mol. The molecule has 0 aliphatic heterocycles. The van der Waals surface area contributed by atoms with Crippen LogP contribution in [0.5, 0.6) is 0 Å². The van der Waals surface area contributed by atoms with Crippen LogP contribution in [0.1, 0.15) is 22.3 Å². The molecule has 0 aliphatic carbocycles. The van der Waals surface area contributed by atoms with Crippen LogP contribution in [0.3, 0.4) is 0 Å². The molecule has 93 heavy (non-hydrogen) atoms. The Morgan fingerprint density at radius 3 is 1.08 bits per heavy atom. The van der Waals surface area contributed by atoms with Gasteiger partial charge in [-0.05, 0) is 195 Å². The summed E-state index contributed by atoms with van der Waals surface area (Å²) in [7, 11) is 0. The smallest absolute Gasteiger partial charge is 0.145 e. The predicted molar refractivity (Wildman–Crippen MR) is 397 cm³/mol. The molecule has 0 fully saturated rings. The van der Waals surface area contributed by atoms with Crippen molar-refractivity contribution < 1.29 is 0 Å². The number of benzene rings is 16. The van der Waals surface area contributed by atoms with Crippen molar-refractivity contribution in [3.8, 4) is 39.3 Å². The molecule has 0 saturated carbocycles. The summed E-state index contributed by atoms with van der Waals surface area (Å²) in [5.74, 6) is 0.940. The van der Waals surface area contributed by atoms with E-state index in [4.69, 9.17) is 4.98 Å². The van der Waals surface area contributed by atoms with E-state index >= 15 is 0 Å². The first-order chi connectivity index (χ1) is 45.8. The Balaban J connectivity index is 0.000000148. The van der Waals surface area contributed by atoms with E-state index < -0.39 is 0 Å². The maximum atomic E-state index is 5.09. The van der Waals surface area contributed by atoms with Crippen molar-refractivity contribution in [1.82, 2.24) is 9.55 Å². The molecule has 0 unspecified atom stereocenters. The van der Waals surface area contributed by atoms with Gasteiger partial charge in [0.05, 0.1) is 22.4 Å². The second kappa shape index (κ2) is 23.8. The maximum absolute atomic E-state index is 5.09. The minimum absolute atomic E-state index is 0.940. The number of rotatable bonds is 10. The lowest BCUT2D eigenvalue weighted by Crippen LogP contribution is -2.12. The van der Waals surface area contributed by atoms with Crippen LogP contribution >= 0.6 is 0 Å². The van der Waals surface area contributed by atoms with Crippen molar-refractivity contribution in [2.75, 3.05) is 9.80 Å². The third-order valence-corrected chi connectivity index (χ3v) is 18.5. The zero-order valence-corrected chi connectivity index (χ0v) is 52.5. The third-order valence-electron chi connectivity index (χ3n) is 18.5. The van der Waals surface area contributed by atoms with Gasteiger partial charge >= 0.3 is 0 Å². The number of nitrogens with zero attached hydrogens (tertiary/aromatic N) is 4. The molecule has 0 N–H and O–H groups in total. The zero-order valence-electron chi connectivity index (χ0n) is 52.5. The molecule has 4 nitrogen and oxygen atoms in total. The van der Waals surface area contributed by atoms with Gasteiger partial charge in [-0.15, -0.1) is 0 Å². The van der Waals surface area contributed by atoms with E-state index in [1.165, 1.54) is 109 Å². The van der Waals surface area contributed by atoms with Gasteiger partial charge in [0.15, 0.2) is 0 Å². The highest BCUT2D eigenvalue weighted by Gasteiger charge is 2.24. The molecule has 17 aromatic rings. The number of hydrogen-bond acceptors (Lipinski definition) is 3. The predicted octanol–water partition coefficient (Wildman–Crippen LogP) is 24.8. The zero-order chi connectivity index (χ0) is 62.5. The Labute approximate surface area is 542 Å². The van der Waals surface area contributed by atoms with Crippen LogP contribution in [-0.2, 0) is 0 Å². The topological polar surface area (TPSA) is 24.3 Å². The van der Waals surface area contributed by atoms with Crippen molar-refractivity contribution in [3.63, 3.8) is 0 Å². The van der Waals surface area contributed by atoms with Gasteiger partial charge in [0.25, 0.3) is 0 Å². The molecule has 16 aromatic carbocycles. The normalized spacial score (nSPS) is 11.4. The summed E-state index contributed by atoms with van der Waals surface area (Å²) >= 11 is 0. The maximum Gasteiger partial charge on any atom is 0.145 e. The van der Waals surface area contributed by atoms with Gasteiger partial charge in [-0.2, -0.15) is 0 Å². The summed E-state index contributed by atoms with van der Waals surface area (Å²) in [4.78, 5) is 9.91. The summed E-state index contributed by atoms with van der Waals surface area (Å²) in [5.41, 5.74) is 21.1. The van der Waals surface area contributed by atoms with E-state index in [0.29, 0.717) is 0 Å². The standard InChI is InChI=1S/C46H38N2.C43H28N2/c1-31-13-21-35(22-14-31)47(36-23-15-32(2)16-24-36)45-29-43-40-10-6-8-12-42(40)46(30-44(43)39-9-5-7-11-41(39)45)48(37-25-17-33(3)18-26-37)38-27-19-34(4)20-28-38;1-2-14-34(15-3-1)45-40-21-11-10-20-39(40)44-43(45)31-25-23-30(24-26-31)41-35-16-6-8-18-37(35)42(38-19-9-7-17-36(38)41)33-27-22-29-12-4-5-13-32(29)28-33/h5-30H,1-4H3;1-28H. The monoisotopic (exact) mass is 1190 g/mol. The van der Waals surface area contributed by atoms with E-state index in [1.807, 2.05) is 0 Å². The lowest BCUT2D eigenvalue weighted by molar-refractivity contribution is 1.10. The van der Waals surface area contributed by atoms with Crippen LogP contribution in [-0.4, -0.2) is 9.55 Å². The first-order valence-electron chi connectivity index (χ1n) is 32.1. The molecule has 1 heterocycles. The molecule has 4 heteroatoms. The van der Waals surface area contributed by atoms with Gasteiger partial charge in [0.1, 0.15) is 5.82 Å². The molecular formula is C89H66N4. The van der Waals surface area contributed by atoms with Gasteiger partial charge in [-0.25, -0.2) is 4.98 Å². The second-order valence-electron chi connectivity index (χ2n) is 24.6. The summed E-state index contributed by atoms with van der Waals surface area (Å²) in [6.45, 7) is 8.58. The van der Waals surface area contributed by atoms with Crippen LogP contribution in [0.4, 0.5) is 34.1 Å². The lowest BCUT2D eigenvalue weighted by atomic mass is 9.85. The highest BCUT2D eigenvalue weighted by Crippen LogP contribution is 2.49. The molecule has 0 amide bonds. The largest absolute Gasteiger partial charge is 0.310 e. The summed E-state index contributed by atoms with van der Waals surface area (Å²) < 4.78 is 2.26. The Morgan fingerprint density at radius 2 is 0.613 bits per heavy atom. The van der Waals surface area contributed by atoms with E-state index in [2.05, 4.69) is 370 Å². The van der Waals surface area contributed by atoms with Gasteiger partial charge in [-0.1, -0.05) is 259 Å². The van der Waals surface area contributed by atoms with Crippen molar-refractivity contribution in [1.29, 1.82) is 0 Å². The molecule has 0 spiro atoms. The number of anilines is 6. The summed E-state index contributed by atoms with van der Waals surface area (Å²) in [5, 5.41) is 14.9. The van der Waals surface area contributed by atoms with E-state index in [-0.39, 0.29) is 0 Å². The quantitative estimate of drug-likeness (QED) is 0.101. The second-order valence-corrected chi connectivity index (χ2v) is 24.6. The highest BCUT2D eigenvalue weighted by atomic mass is 15.2. The Morgan fingerprint density at radius 1 is 0.258 bits per heavy atom. The van der Waals surface area contributed by atoms with Gasteiger partial charge in [0, 0.05) is 44.8 Å². The highest BCUT2D eigenvalue weighted by molar-refractivity contribution is 6.25. The minimum Gasteiger partial charge on any atom is -0.310 e. The minimum atomic E-state index is 0.940. The van der Waals surface area contributed by atoms with Crippen LogP contribution in [0.2, 0.25) is 0 Å². The summed E-state index contributed by atoms with van der Waals surface area (Å²) in [6.07, 6.45) is 0. The number of para-hydroxylation sites is 3. The first-order valence-corrected chi connectivity index (χ1v) is 32.1. The number of hydrogen-bond donors (Lipinski definition) is 0. The number of fused-ring (bicyclic) bond motifs is 9. The number of aryl methyl sites for hydroxylation is 4. The Hall–Kier alpha value is -11.9. The fourth-order valence-corrected chi connectivity index (χ4v) is 13.9. The molecule has 0 radical (unpaired) electrons. The third kappa shape index (κ3) is 10.4. The van der Waals surface area contributed by atoms with Gasteiger partial charge < -0.3 is 9.80 Å². The molecule has 17 rings (SSSR count). The van der Waals surface area contributed by atoms with Crippen molar-refractivity contribution in [2.24, 2.45) is 0 Å². The molecule has 0 saturated heterocycles. The van der Waals surface area contributed by atoms with Gasteiger partial charge in [-0.3, -0.25) is 4.57 Å². The number of aromatic nitrogens is 2. The first kappa shape index (κ1) is 56.4. The SMILES string of the molecule is Cc1ccc(N(c2ccc(C)cc2)c2cc3c4ccccc4c(N(c4ccc(C)cc4)c4ccc(C)cc4)cc3c3ccccc23)cc1.c1ccc(-n2c(-c3ccc(-c4c5ccccc5c(-c5ccc6ccccc6c5)c5ccccc45)cc3)nc3ccccc32)cc1. The number of imidazole rings is 1. The van der Waals surface area contributed by atoms with Crippen LogP contribution < -0.4 is 9.80 Å². The average Bonchev–Trinajstić information content (AvgIpc) is 1.48. The van der Waals surface area contributed by atoms with Crippen LogP contribution in [0.25, 0.3) is 115 Å². The fraction of sp³-hybridized carbons (Fsp3) is 0.0449. The van der Waals surface area contributed by atoms with Crippen molar-refractivity contribution >= 4 is 110 Å². The molecule has 442 valence electrons. The Bertz CT molecular complexity index is 5310. The van der Waals surface area contributed by atoms with Crippen molar-refractivity contribution in [3.05, 3.63) is 350 Å². The van der Waals surface area contributed by atoms with Crippen LogP contribution in [0, 0.1) is 27.7 Å². The lowest BCUT2D eigenvalue weighted by Gasteiger charge is -2.30.